The first-order valence-electron chi connectivity index (χ1n) is 8.59. The number of amides is 2. The van der Waals surface area contributed by atoms with Crippen LogP contribution in [0.2, 0.25) is 0 Å². The first kappa shape index (κ1) is 18.7. The second-order valence-corrected chi connectivity index (χ2v) is 7.40. The molecular formula is C21H21N3O2S. The van der Waals surface area contributed by atoms with E-state index in [0.29, 0.717) is 22.6 Å². The highest BCUT2D eigenvalue weighted by Crippen LogP contribution is 2.30. The number of hydrogen-bond acceptors (Lipinski definition) is 4. The minimum Gasteiger partial charge on any atom is -0.397 e. The van der Waals surface area contributed by atoms with Crippen molar-refractivity contribution in [1.82, 2.24) is 0 Å². The molecule has 0 saturated carbocycles. The topological polar surface area (TPSA) is 84.2 Å². The first-order valence-corrected chi connectivity index (χ1v) is 9.47. The smallest absolute Gasteiger partial charge is 0.255 e. The maximum absolute atomic E-state index is 12.6. The molecule has 0 aliphatic heterocycles. The lowest BCUT2D eigenvalue weighted by molar-refractivity contribution is -0.118. The highest BCUT2D eigenvalue weighted by Gasteiger charge is 2.11. The molecular weight excluding hydrogens is 358 g/mol. The molecule has 3 aromatic rings. The van der Waals surface area contributed by atoms with Crippen LogP contribution in [0.15, 0.2) is 60.0 Å². The van der Waals surface area contributed by atoms with Gasteiger partial charge < -0.3 is 16.4 Å². The van der Waals surface area contributed by atoms with Gasteiger partial charge in [-0.25, -0.2) is 0 Å². The maximum atomic E-state index is 12.6. The van der Waals surface area contributed by atoms with E-state index in [1.54, 1.807) is 41.7 Å². The van der Waals surface area contributed by atoms with Crippen LogP contribution in [-0.4, -0.2) is 11.8 Å². The molecule has 2 aromatic carbocycles. The fraction of sp³-hybridized carbons (Fsp3) is 0.143. The molecule has 0 saturated heterocycles. The van der Waals surface area contributed by atoms with E-state index >= 15 is 0 Å². The van der Waals surface area contributed by atoms with Crippen LogP contribution in [0.5, 0.6) is 0 Å². The monoisotopic (exact) mass is 379 g/mol. The Bertz CT molecular complexity index is 948. The molecule has 0 fully saturated rings. The van der Waals surface area contributed by atoms with Gasteiger partial charge in [0.05, 0.1) is 11.4 Å². The van der Waals surface area contributed by atoms with E-state index in [0.717, 1.165) is 10.4 Å². The molecule has 0 bridgehead atoms. The predicted octanol–water partition coefficient (Wildman–Crippen LogP) is 4.84. The molecule has 27 heavy (non-hydrogen) atoms. The van der Waals surface area contributed by atoms with Crippen LogP contribution in [0.25, 0.3) is 10.4 Å². The summed E-state index contributed by atoms with van der Waals surface area (Å²) in [5, 5.41) is 7.66. The van der Waals surface area contributed by atoms with Gasteiger partial charge in [-0.2, -0.15) is 0 Å². The van der Waals surface area contributed by atoms with Crippen LogP contribution in [0, 0.1) is 5.92 Å². The molecule has 3 rings (SSSR count). The third kappa shape index (κ3) is 4.54. The van der Waals surface area contributed by atoms with Crippen molar-refractivity contribution in [2.45, 2.75) is 13.8 Å². The predicted molar refractivity (Wildman–Crippen MR) is 112 cm³/mol. The van der Waals surface area contributed by atoms with Crippen molar-refractivity contribution < 1.29 is 9.59 Å². The fourth-order valence-electron chi connectivity index (χ4n) is 2.45. The molecule has 0 unspecified atom stereocenters. The van der Waals surface area contributed by atoms with Crippen LogP contribution in [-0.2, 0) is 4.79 Å². The van der Waals surface area contributed by atoms with Gasteiger partial charge in [0, 0.05) is 22.0 Å². The normalized spacial score (nSPS) is 10.6. The summed E-state index contributed by atoms with van der Waals surface area (Å²) in [4.78, 5) is 25.4. The highest BCUT2D eigenvalue weighted by molar-refractivity contribution is 7.13. The second-order valence-electron chi connectivity index (χ2n) is 6.45. The Kier molecular flexibility index (Phi) is 5.57. The molecule has 0 aliphatic carbocycles. The second kappa shape index (κ2) is 8.05. The Morgan fingerprint density at radius 1 is 1.00 bits per heavy atom. The lowest BCUT2D eigenvalue weighted by Gasteiger charge is -2.11. The molecule has 6 heteroatoms. The van der Waals surface area contributed by atoms with E-state index in [1.165, 1.54) is 0 Å². The number of rotatable bonds is 5. The van der Waals surface area contributed by atoms with Crippen molar-refractivity contribution >= 4 is 40.2 Å². The maximum Gasteiger partial charge on any atom is 0.255 e. The number of hydrogen-bond donors (Lipinski definition) is 3. The van der Waals surface area contributed by atoms with Crippen molar-refractivity contribution in [3.8, 4) is 10.4 Å². The lowest BCUT2D eigenvalue weighted by atomic mass is 10.1. The number of nitrogen functional groups attached to an aromatic ring is 1. The summed E-state index contributed by atoms with van der Waals surface area (Å²) in [6.45, 7) is 3.65. The Morgan fingerprint density at radius 3 is 2.37 bits per heavy atom. The van der Waals surface area contributed by atoms with Crippen LogP contribution in [0.4, 0.5) is 17.1 Å². The van der Waals surface area contributed by atoms with Gasteiger partial charge in [-0.1, -0.05) is 26.0 Å². The van der Waals surface area contributed by atoms with E-state index in [-0.39, 0.29) is 17.7 Å². The molecule has 0 aliphatic rings. The molecule has 4 N–H and O–H groups in total. The fourth-order valence-corrected chi connectivity index (χ4v) is 3.17. The molecule has 0 atom stereocenters. The van der Waals surface area contributed by atoms with Gasteiger partial charge in [0.15, 0.2) is 0 Å². The van der Waals surface area contributed by atoms with E-state index in [9.17, 15) is 9.59 Å². The standard InChI is InChI=1S/C21H21N3O2S/c1-13(2)20(25)23-16-8-5-14(6-9-16)21(26)24-18-12-15(7-10-17(18)22)19-4-3-11-27-19/h3-13H,22H2,1-2H3,(H,23,25)(H,24,26). The zero-order chi connectivity index (χ0) is 19.4. The quantitative estimate of drug-likeness (QED) is 0.554. The number of nitrogens with one attached hydrogen (secondary N) is 2. The number of anilines is 3. The van der Waals surface area contributed by atoms with Crippen molar-refractivity contribution in [2.75, 3.05) is 16.4 Å². The number of benzene rings is 2. The first-order chi connectivity index (χ1) is 12.9. The van der Waals surface area contributed by atoms with E-state index in [2.05, 4.69) is 10.6 Å². The van der Waals surface area contributed by atoms with Crippen molar-refractivity contribution in [2.24, 2.45) is 5.92 Å². The van der Waals surface area contributed by atoms with Gasteiger partial charge in [0.1, 0.15) is 0 Å². The summed E-state index contributed by atoms with van der Waals surface area (Å²) in [6, 6.07) is 16.4. The summed E-state index contributed by atoms with van der Waals surface area (Å²) in [6.07, 6.45) is 0. The summed E-state index contributed by atoms with van der Waals surface area (Å²) >= 11 is 1.63. The summed E-state index contributed by atoms with van der Waals surface area (Å²) < 4.78 is 0. The summed E-state index contributed by atoms with van der Waals surface area (Å²) in [5.41, 5.74) is 9.24. The largest absolute Gasteiger partial charge is 0.397 e. The minimum atomic E-state index is -0.258. The van der Waals surface area contributed by atoms with Crippen LogP contribution in [0.3, 0.4) is 0 Å². The molecule has 1 heterocycles. The van der Waals surface area contributed by atoms with Crippen molar-refractivity contribution in [1.29, 1.82) is 0 Å². The van der Waals surface area contributed by atoms with E-state index < -0.39 is 0 Å². The van der Waals surface area contributed by atoms with Crippen molar-refractivity contribution in [3.05, 3.63) is 65.5 Å². The Labute approximate surface area is 162 Å². The number of carbonyl (C=O) groups excluding carboxylic acids is 2. The molecule has 2 amide bonds. The van der Waals surface area contributed by atoms with E-state index in [4.69, 9.17) is 5.73 Å². The SMILES string of the molecule is CC(C)C(=O)Nc1ccc(C(=O)Nc2cc(-c3cccs3)ccc2N)cc1. The van der Waals surface area contributed by atoms with Gasteiger partial charge in [-0.3, -0.25) is 9.59 Å². The Morgan fingerprint density at radius 2 is 1.74 bits per heavy atom. The molecule has 0 radical (unpaired) electrons. The molecule has 138 valence electrons. The van der Waals surface area contributed by atoms with E-state index in [1.807, 2.05) is 43.5 Å². The molecule has 0 spiro atoms. The average Bonchev–Trinajstić information content (AvgIpc) is 3.18. The Hall–Kier alpha value is -3.12. The zero-order valence-electron chi connectivity index (χ0n) is 15.2. The van der Waals surface area contributed by atoms with Gasteiger partial charge in [-0.05, 0) is 53.4 Å². The third-order valence-electron chi connectivity index (χ3n) is 4.05. The number of thiophene rings is 1. The highest BCUT2D eigenvalue weighted by atomic mass is 32.1. The number of nitrogens with two attached hydrogens (primary N) is 1. The van der Waals surface area contributed by atoms with Crippen LogP contribution < -0.4 is 16.4 Å². The minimum absolute atomic E-state index is 0.0645. The lowest BCUT2D eigenvalue weighted by Crippen LogP contribution is -2.18. The zero-order valence-corrected chi connectivity index (χ0v) is 16.0. The van der Waals surface area contributed by atoms with Crippen LogP contribution in [0.1, 0.15) is 24.2 Å². The van der Waals surface area contributed by atoms with Gasteiger partial charge >= 0.3 is 0 Å². The summed E-state index contributed by atoms with van der Waals surface area (Å²) in [5.74, 6) is -0.427. The summed E-state index contributed by atoms with van der Waals surface area (Å²) in [7, 11) is 0. The van der Waals surface area contributed by atoms with Gasteiger partial charge in [0.2, 0.25) is 5.91 Å². The van der Waals surface area contributed by atoms with Crippen molar-refractivity contribution in [3.63, 3.8) is 0 Å². The number of carbonyl (C=O) groups is 2. The third-order valence-corrected chi connectivity index (χ3v) is 4.97. The molecule has 1 aromatic heterocycles. The molecule has 5 nitrogen and oxygen atoms in total. The van der Waals surface area contributed by atoms with Gasteiger partial charge in [0.25, 0.3) is 5.91 Å². The Balaban J connectivity index is 1.74. The average molecular weight is 379 g/mol. The van der Waals surface area contributed by atoms with Gasteiger partial charge in [-0.15, -0.1) is 11.3 Å². The van der Waals surface area contributed by atoms with Crippen LogP contribution >= 0.6 is 11.3 Å².